The van der Waals surface area contributed by atoms with E-state index in [1.807, 2.05) is 0 Å². The average molecular weight is 215 g/mol. The second-order valence-corrected chi connectivity index (χ2v) is 3.52. The SMILES string of the molecule is O=S(=O)(O)n1ccc(C(F)(F)F)c1. The topological polar surface area (TPSA) is 59.3 Å². The van der Waals surface area contributed by atoms with E-state index < -0.39 is 22.0 Å². The molecule has 0 saturated carbocycles. The van der Waals surface area contributed by atoms with Crippen LogP contribution in [0.1, 0.15) is 5.56 Å². The highest BCUT2D eigenvalue weighted by molar-refractivity contribution is 7.84. The first-order valence-electron chi connectivity index (χ1n) is 2.94. The van der Waals surface area contributed by atoms with Gasteiger partial charge in [0.15, 0.2) is 0 Å². The van der Waals surface area contributed by atoms with Gasteiger partial charge >= 0.3 is 16.5 Å². The normalized spacial score (nSPS) is 13.2. The average Bonchev–Trinajstić information content (AvgIpc) is 2.28. The Kier molecular flexibility index (Phi) is 2.12. The van der Waals surface area contributed by atoms with Crippen molar-refractivity contribution < 1.29 is 26.1 Å². The van der Waals surface area contributed by atoms with Gasteiger partial charge in [0, 0.05) is 12.4 Å². The molecular weight excluding hydrogens is 211 g/mol. The third-order valence-corrected chi connectivity index (χ3v) is 2.02. The summed E-state index contributed by atoms with van der Waals surface area (Å²) >= 11 is 0. The van der Waals surface area contributed by atoms with Gasteiger partial charge in [0.05, 0.1) is 5.56 Å². The summed E-state index contributed by atoms with van der Waals surface area (Å²) in [6.07, 6.45) is -3.72. The lowest BCUT2D eigenvalue weighted by atomic mass is 10.3. The number of halogens is 3. The summed E-state index contributed by atoms with van der Waals surface area (Å²) in [5.74, 6) is 0. The minimum absolute atomic E-state index is 0.0792. The number of alkyl halides is 3. The van der Waals surface area contributed by atoms with Crippen LogP contribution >= 0.6 is 0 Å². The summed E-state index contributed by atoms with van der Waals surface area (Å²) in [4.78, 5) is 0. The van der Waals surface area contributed by atoms with Gasteiger partial charge in [0.2, 0.25) is 0 Å². The van der Waals surface area contributed by atoms with Crippen molar-refractivity contribution in [2.75, 3.05) is 0 Å². The Labute approximate surface area is 71.5 Å². The monoisotopic (exact) mass is 215 g/mol. The van der Waals surface area contributed by atoms with Gasteiger partial charge in [0.25, 0.3) is 0 Å². The molecule has 0 fully saturated rings. The quantitative estimate of drug-likeness (QED) is 0.715. The lowest BCUT2D eigenvalue weighted by molar-refractivity contribution is -0.137. The van der Waals surface area contributed by atoms with Crippen LogP contribution in [0.25, 0.3) is 0 Å². The van der Waals surface area contributed by atoms with E-state index in [-0.39, 0.29) is 10.2 Å². The Hall–Kier alpha value is -1.02. The molecule has 8 heteroatoms. The van der Waals surface area contributed by atoms with Gasteiger partial charge in [-0.15, -0.1) is 0 Å². The summed E-state index contributed by atoms with van der Waals surface area (Å²) in [5.41, 5.74) is -1.13. The number of aromatic nitrogens is 1. The molecule has 0 aliphatic heterocycles. The Morgan fingerprint density at radius 2 is 1.92 bits per heavy atom. The van der Waals surface area contributed by atoms with Crippen LogP contribution in [-0.4, -0.2) is 16.9 Å². The second-order valence-electron chi connectivity index (χ2n) is 2.21. The van der Waals surface area contributed by atoms with E-state index in [0.717, 1.165) is 0 Å². The van der Waals surface area contributed by atoms with E-state index in [1.165, 1.54) is 0 Å². The molecular formula is C5H4F3NO3S. The van der Waals surface area contributed by atoms with Crippen molar-refractivity contribution in [1.29, 1.82) is 0 Å². The molecule has 1 rings (SSSR count). The maximum atomic E-state index is 11.9. The van der Waals surface area contributed by atoms with Gasteiger partial charge < -0.3 is 0 Å². The molecule has 0 aliphatic rings. The van der Waals surface area contributed by atoms with E-state index in [4.69, 9.17) is 4.55 Å². The molecule has 0 atom stereocenters. The van der Waals surface area contributed by atoms with Crippen LogP contribution in [0.5, 0.6) is 0 Å². The van der Waals surface area contributed by atoms with Crippen LogP contribution in [-0.2, 0) is 16.5 Å². The van der Waals surface area contributed by atoms with Crippen molar-refractivity contribution in [2.24, 2.45) is 0 Å². The number of nitrogens with zero attached hydrogens (tertiary/aromatic N) is 1. The zero-order valence-corrected chi connectivity index (χ0v) is 6.80. The molecule has 1 aromatic heterocycles. The summed E-state index contributed by atoms with van der Waals surface area (Å²) in [6.45, 7) is 0. The van der Waals surface area contributed by atoms with Crippen molar-refractivity contribution >= 4 is 10.3 Å². The van der Waals surface area contributed by atoms with Crippen LogP contribution in [0, 0.1) is 0 Å². The second kappa shape index (κ2) is 2.74. The van der Waals surface area contributed by atoms with Crippen molar-refractivity contribution in [2.45, 2.75) is 6.18 Å². The third kappa shape index (κ3) is 2.22. The third-order valence-electron chi connectivity index (χ3n) is 1.26. The molecule has 74 valence electrons. The highest BCUT2D eigenvalue weighted by Gasteiger charge is 2.32. The fraction of sp³-hybridized carbons (Fsp3) is 0.200. The fourth-order valence-electron chi connectivity index (χ4n) is 0.688. The van der Waals surface area contributed by atoms with Gasteiger partial charge in [0.1, 0.15) is 0 Å². The molecule has 0 amide bonds. The molecule has 13 heavy (non-hydrogen) atoms. The van der Waals surface area contributed by atoms with Gasteiger partial charge in [-0.2, -0.15) is 21.6 Å². The molecule has 1 aromatic rings. The molecule has 0 unspecified atom stereocenters. The zero-order chi connectivity index (χ0) is 10.3. The molecule has 0 aromatic carbocycles. The summed E-state index contributed by atoms with van der Waals surface area (Å²) in [5, 5.41) is 0. The zero-order valence-electron chi connectivity index (χ0n) is 5.99. The standard InChI is InChI=1S/C5H4F3NO3S/c6-5(7,8)4-1-2-9(3-4)13(10,11)12/h1-3H,(H,10,11,12). The number of rotatable bonds is 1. The highest BCUT2D eigenvalue weighted by Crippen LogP contribution is 2.29. The lowest BCUT2D eigenvalue weighted by Gasteiger charge is -2.01. The lowest BCUT2D eigenvalue weighted by Crippen LogP contribution is -2.09. The van der Waals surface area contributed by atoms with E-state index in [0.29, 0.717) is 12.3 Å². The largest absolute Gasteiger partial charge is 0.417 e. The van der Waals surface area contributed by atoms with Crippen LogP contribution < -0.4 is 0 Å². The molecule has 0 spiro atoms. The van der Waals surface area contributed by atoms with Gasteiger partial charge in [-0.25, -0.2) is 3.97 Å². The first kappa shape index (κ1) is 10.1. The van der Waals surface area contributed by atoms with Crippen molar-refractivity contribution in [3.63, 3.8) is 0 Å². The predicted molar refractivity (Wildman–Crippen MR) is 36.4 cm³/mol. The molecule has 0 saturated heterocycles. The maximum Gasteiger partial charge on any atom is 0.417 e. The molecule has 0 bridgehead atoms. The summed E-state index contributed by atoms with van der Waals surface area (Å²) in [7, 11) is -4.63. The van der Waals surface area contributed by atoms with Crippen LogP contribution in [0.15, 0.2) is 18.5 Å². The van der Waals surface area contributed by atoms with E-state index in [9.17, 15) is 21.6 Å². The molecule has 0 aliphatic carbocycles. The van der Waals surface area contributed by atoms with E-state index in [2.05, 4.69) is 0 Å². The minimum atomic E-state index is -4.63. The van der Waals surface area contributed by atoms with Gasteiger partial charge in [-0.1, -0.05) is 0 Å². The van der Waals surface area contributed by atoms with Crippen LogP contribution in [0.2, 0.25) is 0 Å². The Morgan fingerprint density at radius 1 is 1.38 bits per heavy atom. The fourth-order valence-corrected chi connectivity index (χ4v) is 1.15. The first-order chi connectivity index (χ1) is 5.71. The highest BCUT2D eigenvalue weighted by atomic mass is 32.2. The first-order valence-corrected chi connectivity index (χ1v) is 4.34. The van der Waals surface area contributed by atoms with E-state index in [1.54, 1.807) is 0 Å². The van der Waals surface area contributed by atoms with Gasteiger partial charge in [-0.3, -0.25) is 4.55 Å². The predicted octanol–water partition coefficient (Wildman–Crippen LogP) is 1.16. The summed E-state index contributed by atoms with van der Waals surface area (Å²) in [6, 6.07) is 0.549. The van der Waals surface area contributed by atoms with E-state index >= 15 is 0 Å². The van der Waals surface area contributed by atoms with Crippen molar-refractivity contribution in [3.8, 4) is 0 Å². The maximum absolute atomic E-state index is 11.9. The molecule has 0 radical (unpaired) electrons. The Morgan fingerprint density at radius 3 is 2.15 bits per heavy atom. The van der Waals surface area contributed by atoms with Crippen LogP contribution in [0.4, 0.5) is 13.2 Å². The molecule has 4 nitrogen and oxygen atoms in total. The number of hydrogen-bond donors (Lipinski definition) is 1. The Bertz CT molecular complexity index is 405. The van der Waals surface area contributed by atoms with Crippen LogP contribution in [0.3, 0.4) is 0 Å². The van der Waals surface area contributed by atoms with Crippen molar-refractivity contribution in [1.82, 2.24) is 3.97 Å². The Balaban J connectivity index is 3.16. The number of hydrogen-bond acceptors (Lipinski definition) is 2. The summed E-state index contributed by atoms with van der Waals surface area (Å²) < 4.78 is 64.8. The molecule has 1 N–H and O–H groups in total. The van der Waals surface area contributed by atoms with Gasteiger partial charge in [-0.05, 0) is 6.07 Å². The minimum Gasteiger partial charge on any atom is -0.269 e. The smallest absolute Gasteiger partial charge is 0.269 e. The molecule has 1 heterocycles. The van der Waals surface area contributed by atoms with Crippen molar-refractivity contribution in [3.05, 3.63) is 24.0 Å².